The Morgan fingerprint density at radius 3 is 2.53 bits per heavy atom. The third-order valence-corrected chi connectivity index (χ3v) is 4.06. The van der Waals surface area contributed by atoms with Crippen LogP contribution in [-0.4, -0.2) is 7.05 Å². The van der Waals surface area contributed by atoms with Crippen LogP contribution < -0.4 is 5.32 Å². The van der Waals surface area contributed by atoms with Crippen LogP contribution >= 0.6 is 11.3 Å². The molecule has 1 aromatic carbocycles. The Kier molecular flexibility index (Phi) is 4.35. The molecule has 1 nitrogen and oxygen atoms in total. The normalized spacial score (nSPS) is 12.6. The number of aryl methyl sites for hydroxylation is 2. The van der Waals surface area contributed by atoms with Gasteiger partial charge in [0.1, 0.15) is 0 Å². The van der Waals surface area contributed by atoms with E-state index >= 15 is 0 Å². The number of hydrogen-bond acceptors (Lipinski definition) is 2. The average Bonchev–Trinajstić information content (AvgIpc) is 2.78. The molecule has 1 unspecified atom stereocenters. The summed E-state index contributed by atoms with van der Waals surface area (Å²) in [7, 11) is 2.05. The van der Waals surface area contributed by atoms with Crippen molar-refractivity contribution >= 4 is 11.3 Å². The van der Waals surface area contributed by atoms with Crippen LogP contribution in [0.5, 0.6) is 0 Å². The summed E-state index contributed by atoms with van der Waals surface area (Å²) in [6.45, 7) is 2.19. The Bertz CT molecular complexity index is 447. The van der Waals surface area contributed by atoms with E-state index in [-0.39, 0.29) is 0 Å². The van der Waals surface area contributed by atoms with Gasteiger partial charge >= 0.3 is 0 Å². The van der Waals surface area contributed by atoms with Crippen LogP contribution in [0.3, 0.4) is 0 Å². The first-order chi connectivity index (χ1) is 8.31. The number of hydrogen-bond donors (Lipinski definition) is 1. The van der Waals surface area contributed by atoms with Gasteiger partial charge in [-0.2, -0.15) is 11.3 Å². The van der Waals surface area contributed by atoms with Gasteiger partial charge in [0, 0.05) is 6.04 Å². The lowest BCUT2D eigenvalue weighted by molar-refractivity contribution is 0.548. The molecule has 1 atom stereocenters. The van der Waals surface area contributed by atoms with E-state index in [1.54, 1.807) is 11.3 Å². The highest BCUT2D eigenvalue weighted by atomic mass is 32.1. The smallest absolute Gasteiger partial charge is 0.0331 e. The van der Waals surface area contributed by atoms with E-state index in [0.29, 0.717) is 6.04 Å². The number of nitrogens with one attached hydrogen (secondary N) is 1. The average molecular weight is 245 g/mol. The summed E-state index contributed by atoms with van der Waals surface area (Å²) < 4.78 is 0. The molecule has 2 aromatic rings. The Morgan fingerprint density at radius 2 is 1.94 bits per heavy atom. The van der Waals surface area contributed by atoms with Gasteiger partial charge in [-0.3, -0.25) is 0 Å². The molecule has 0 aliphatic rings. The monoisotopic (exact) mass is 245 g/mol. The van der Waals surface area contributed by atoms with Crippen molar-refractivity contribution in [1.82, 2.24) is 5.32 Å². The van der Waals surface area contributed by atoms with Crippen LogP contribution in [0.15, 0.2) is 41.1 Å². The summed E-state index contributed by atoms with van der Waals surface area (Å²) in [5, 5.41) is 7.91. The fraction of sp³-hybridized carbons (Fsp3) is 0.333. The molecule has 2 heteroatoms. The standard InChI is InChI=1S/C15H19NS/c1-12-10-17-11-14(12)15(16-2)9-8-13-6-4-3-5-7-13/h3-7,10-11,15-16H,8-9H2,1-2H3. The van der Waals surface area contributed by atoms with Gasteiger partial charge in [0.05, 0.1) is 0 Å². The third kappa shape index (κ3) is 3.18. The molecule has 1 heterocycles. The van der Waals surface area contributed by atoms with Crippen molar-refractivity contribution < 1.29 is 0 Å². The zero-order chi connectivity index (χ0) is 12.1. The summed E-state index contributed by atoms with van der Waals surface area (Å²) in [5.41, 5.74) is 4.27. The van der Waals surface area contributed by atoms with Crippen LogP contribution in [0.25, 0.3) is 0 Å². The lowest BCUT2D eigenvalue weighted by Crippen LogP contribution is -2.17. The molecule has 0 radical (unpaired) electrons. The number of thiophene rings is 1. The first-order valence-corrected chi connectivity index (χ1v) is 6.99. The Hall–Kier alpha value is -1.12. The molecule has 0 aliphatic carbocycles. The summed E-state index contributed by atoms with van der Waals surface area (Å²) >= 11 is 1.79. The van der Waals surface area contributed by atoms with Crippen molar-refractivity contribution in [3.05, 3.63) is 57.8 Å². The summed E-state index contributed by atoms with van der Waals surface area (Å²) in [6.07, 6.45) is 2.28. The molecule has 1 N–H and O–H groups in total. The second-order valence-electron chi connectivity index (χ2n) is 4.38. The van der Waals surface area contributed by atoms with Crippen LogP contribution in [0.1, 0.15) is 29.2 Å². The predicted molar refractivity (Wildman–Crippen MR) is 75.6 cm³/mol. The van der Waals surface area contributed by atoms with Gasteiger partial charge in [0.25, 0.3) is 0 Å². The maximum Gasteiger partial charge on any atom is 0.0331 e. The maximum absolute atomic E-state index is 3.42. The minimum absolute atomic E-state index is 0.474. The Morgan fingerprint density at radius 1 is 1.18 bits per heavy atom. The molecule has 0 spiro atoms. The molecular weight excluding hydrogens is 226 g/mol. The van der Waals surface area contributed by atoms with E-state index in [4.69, 9.17) is 0 Å². The SMILES string of the molecule is CNC(CCc1ccccc1)c1cscc1C. The van der Waals surface area contributed by atoms with Crippen LogP contribution in [0.4, 0.5) is 0 Å². The van der Waals surface area contributed by atoms with Crippen LogP contribution in [0.2, 0.25) is 0 Å². The number of benzene rings is 1. The van der Waals surface area contributed by atoms with Crippen molar-refractivity contribution in [2.75, 3.05) is 7.05 Å². The second-order valence-corrected chi connectivity index (χ2v) is 5.12. The molecule has 0 saturated carbocycles. The van der Waals surface area contributed by atoms with Gasteiger partial charge in [-0.05, 0) is 54.3 Å². The van der Waals surface area contributed by atoms with E-state index < -0.39 is 0 Å². The molecule has 0 bridgehead atoms. The topological polar surface area (TPSA) is 12.0 Å². The van der Waals surface area contributed by atoms with Crippen molar-refractivity contribution in [3.63, 3.8) is 0 Å². The zero-order valence-electron chi connectivity index (χ0n) is 10.4. The molecule has 0 saturated heterocycles. The number of rotatable bonds is 5. The van der Waals surface area contributed by atoms with E-state index in [1.165, 1.54) is 16.7 Å². The van der Waals surface area contributed by atoms with E-state index in [9.17, 15) is 0 Å². The predicted octanol–water partition coefficient (Wildman–Crippen LogP) is 3.95. The first-order valence-electron chi connectivity index (χ1n) is 6.05. The molecular formula is C15H19NS. The van der Waals surface area contributed by atoms with Crippen molar-refractivity contribution in [2.24, 2.45) is 0 Å². The lowest BCUT2D eigenvalue weighted by atomic mass is 9.99. The van der Waals surface area contributed by atoms with Crippen molar-refractivity contribution in [1.29, 1.82) is 0 Å². The first kappa shape index (κ1) is 12.3. The minimum atomic E-state index is 0.474. The zero-order valence-corrected chi connectivity index (χ0v) is 11.3. The van der Waals surface area contributed by atoms with Gasteiger partial charge < -0.3 is 5.32 Å². The highest BCUT2D eigenvalue weighted by Crippen LogP contribution is 2.25. The van der Waals surface area contributed by atoms with Gasteiger partial charge in [0.15, 0.2) is 0 Å². The molecule has 0 aliphatic heterocycles. The molecule has 90 valence electrons. The molecule has 0 amide bonds. The molecule has 2 rings (SSSR count). The van der Waals surface area contributed by atoms with E-state index in [0.717, 1.165) is 12.8 Å². The fourth-order valence-corrected chi connectivity index (χ4v) is 3.04. The second kappa shape index (κ2) is 5.99. The van der Waals surface area contributed by atoms with Crippen molar-refractivity contribution in [2.45, 2.75) is 25.8 Å². The van der Waals surface area contributed by atoms with Gasteiger partial charge in [0.2, 0.25) is 0 Å². The Labute approximate surface area is 108 Å². The summed E-state index contributed by atoms with van der Waals surface area (Å²) in [4.78, 5) is 0. The van der Waals surface area contributed by atoms with Gasteiger partial charge in [-0.15, -0.1) is 0 Å². The lowest BCUT2D eigenvalue weighted by Gasteiger charge is -2.16. The molecule has 0 fully saturated rings. The van der Waals surface area contributed by atoms with Gasteiger partial charge in [-0.1, -0.05) is 30.3 Å². The highest BCUT2D eigenvalue weighted by Gasteiger charge is 2.12. The van der Waals surface area contributed by atoms with E-state index in [1.807, 2.05) is 7.05 Å². The van der Waals surface area contributed by atoms with Crippen LogP contribution in [-0.2, 0) is 6.42 Å². The van der Waals surface area contributed by atoms with E-state index in [2.05, 4.69) is 53.3 Å². The van der Waals surface area contributed by atoms with Crippen LogP contribution in [0, 0.1) is 6.92 Å². The minimum Gasteiger partial charge on any atom is -0.313 e. The third-order valence-electron chi connectivity index (χ3n) is 3.18. The fourth-order valence-electron chi connectivity index (χ4n) is 2.14. The van der Waals surface area contributed by atoms with Crippen molar-refractivity contribution in [3.8, 4) is 0 Å². The largest absolute Gasteiger partial charge is 0.313 e. The summed E-state index contributed by atoms with van der Waals surface area (Å²) in [5.74, 6) is 0. The molecule has 1 aromatic heterocycles. The quantitative estimate of drug-likeness (QED) is 0.841. The molecule has 17 heavy (non-hydrogen) atoms. The Balaban J connectivity index is 2.00. The maximum atomic E-state index is 3.42. The van der Waals surface area contributed by atoms with Gasteiger partial charge in [-0.25, -0.2) is 0 Å². The highest BCUT2D eigenvalue weighted by molar-refractivity contribution is 7.08. The summed E-state index contributed by atoms with van der Waals surface area (Å²) in [6, 6.07) is 11.2.